The third-order valence-electron chi connectivity index (χ3n) is 3.47. The summed E-state index contributed by atoms with van der Waals surface area (Å²) in [6, 6.07) is 7.59. The molecule has 0 amide bonds. The zero-order valence-corrected chi connectivity index (χ0v) is 11.8. The highest BCUT2D eigenvalue weighted by molar-refractivity contribution is 6.33. The third-order valence-corrected chi connectivity index (χ3v) is 3.78. The van der Waals surface area contributed by atoms with Crippen LogP contribution < -0.4 is 14.8 Å². The van der Waals surface area contributed by atoms with E-state index < -0.39 is 0 Å². The molecule has 0 spiro atoms. The van der Waals surface area contributed by atoms with Gasteiger partial charge in [-0.05, 0) is 17.7 Å². The number of anilines is 1. The molecule has 0 radical (unpaired) electrons. The van der Waals surface area contributed by atoms with Gasteiger partial charge in [0.15, 0.2) is 11.5 Å². The van der Waals surface area contributed by atoms with Gasteiger partial charge in [0.1, 0.15) is 5.65 Å². The van der Waals surface area contributed by atoms with E-state index in [-0.39, 0.29) is 6.79 Å². The quantitative estimate of drug-likeness (QED) is 0.776. The minimum absolute atomic E-state index is 0.239. The molecule has 21 heavy (non-hydrogen) atoms. The normalized spacial score (nSPS) is 12.8. The van der Waals surface area contributed by atoms with Crippen molar-refractivity contribution in [1.29, 1.82) is 0 Å². The van der Waals surface area contributed by atoms with Crippen LogP contribution in [0.15, 0.2) is 36.7 Å². The maximum atomic E-state index is 6.25. The summed E-state index contributed by atoms with van der Waals surface area (Å²) >= 11 is 6.25. The second-order valence-corrected chi connectivity index (χ2v) is 5.16. The molecule has 1 aliphatic heterocycles. The number of nitrogens with one attached hydrogen (secondary N) is 2. The molecule has 6 heteroatoms. The number of aromatic amines is 1. The Morgan fingerprint density at radius 2 is 2.14 bits per heavy atom. The molecule has 0 fully saturated rings. The van der Waals surface area contributed by atoms with Crippen molar-refractivity contribution in [2.75, 3.05) is 12.1 Å². The first-order valence-electron chi connectivity index (χ1n) is 6.55. The van der Waals surface area contributed by atoms with E-state index in [2.05, 4.69) is 15.3 Å². The number of benzene rings is 1. The van der Waals surface area contributed by atoms with Gasteiger partial charge in [-0.15, -0.1) is 0 Å². The number of H-pyrrole nitrogens is 1. The van der Waals surface area contributed by atoms with Crippen molar-refractivity contribution in [3.05, 3.63) is 47.2 Å². The molecule has 0 atom stereocenters. The average molecular weight is 302 g/mol. The number of hydrogen-bond acceptors (Lipinski definition) is 4. The lowest BCUT2D eigenvalue weighted by Crippen LogP contribution is -1.99. The van der Waals surface area contributed by atoms with Crippen LogP contribution in [-0.2, 0) is 6.54 Å². The highest BCUT2D eigenvalue weighted by Crippen LogP contribution is 2.39. The van der Waals surface area contributed by atoms with E-state index in [4.69, 9.17) is 21.1 Å². The summed E-state index contributed by atoms with van der Waals surface area (Å²) in [7, 11) is 0. The Hall–Kier alpha value is -2.40. The van der Waals surface area contributed by atoms with Gasteiger partial charge in [-0.25, -0.2) is 4.98 Å². The van der Waals surface area contributed by atoms with E-state index in [0.29, 0.717) is 23.1 Å². The van der Waals surface area contributed by atoms with Crippen molar-refractivity contribution in [3.63, 3.8) is 0 Å². The van der Waals surface area contributed by atoms with Gasteiger partial charge in [-0.1, -0.05) is 11.6 Å². The van der Waals surface area contributed by atoms with Crippen molar-refractivity contribution < 1.29 is 9.47 Å². The van der Waals surface area contributed by atoms with Crippen LogP contribution in [0.2, 0.25) is 5.02 Å². The lowest BCUT2D eigenvalue weighted by atomic mass is 10.2. The van der Waals surface area contributed by atoms with Gasteiger partial charge in [0, 0.05) is 36.5 Å². The number of rotatable bonds is 3. The Balaban J connectivity index is 1.60. The van der Waals surface area contributed by atoms with Crippen molar-refractivity contribution in [3.8, 4) is 11.5 Å². The van der Waals surface area contributed by atoms with Crippen LogP contribution in [0.1, 0.15) is 5.56 Å². The van der Waals surface area contributed by atoms with E-state index in [0.717, 1.165) is 22.3 Å². The molecule has 0 unspecified atom stereocenters. The Bertz CT molecular complexity index is 816. The Morgan fingerprint density at radius 3 is 3.05 bits per heavy atom. The minimum Gasteiger partial charge on any atom is -0.454 e. The largest absolute Gasteiger partial charge is 0.454 e. The summed E-state index contributed by atoms with van der Waals surface area (Å²) in [5.74, 6) is 1.39. The summed E-state index contributed by atoms with van der Waals surface area (Å²) in [6.07, 6.45) is 3.72. The SMILES string of the molecule is Clc1cc2c(cc1NCc1c[nH]c3ncccc13)OCO2. The third kappa shape index (κ3) is 2.15. The van der Waals surface area contributed by atoms with Crippen LogP contribution in [0.4, 0.5) is 5.69 Å². The van der Waals surface area contributed by atoms with Gasteiger partial charge < -0.3 is 19.8 Å². The summed E-state index contributed by atoms with van der Waals surface area (Å²) in [5.41, 5.74) is 2.83. The Labute approximate surface area is 125 Å². The van der Waals surface area contributed by atoms with E-state index in [1.165, 1.54) is 0 Å². The summed E-state index contributed by atoms with van der Waals surface area (Å²) in [5, 5.41) is 5.03. The maximum absolute atomic E-state index is 6.25. The van der Waals surface area contributed by atoms with Gasteiger partial charge in [-0.2, -0.15) is 0 Å². The van der Waals surface area contributed by atoms with Crippen LogP contribution in [-0.4, -0.2) is 16.8 Å². The van der Waals surface area contributed by atoms with Crippen LogP contribution in [0.25, 0.3) is 11.0 Å². The molecule has 3 heterocycles. The molecule has 0 saturated heterocycles. The second kappa shape index (κ2) is 4.86. The van der Waals surface area contributed by atoms with Crippen LogP contribution in [0.5, 0.6) is 11.5 Å². The number of pyridine rings is 1. The van der Waals surface area contributed by atoms with Gasteiger partial charge in [0.2, 0.25) is 6.79 Å². The van der Waals surface area contributed by atoms with Gasteiger partial charge in [0.25, 0.3) is 0 Å². The summed E-state index contributed by atoms with van der Waals surface area (Å²) < 4.78 is 10.7. The molecule has 0 bridgehead atoms. The first-order chi connectivity index (χ1) is 10.3. The predicted molar refractivity (Wildman–Crippen MR) is 81.0 cm³/mol. The Morgan fingerprint density at radius 1 is 1.29 bits per heavy atom. The number of aromatic nitrogens is 2. The Kier molecular flexibility index (Phi) is 2.86. The van der Waals surface area contributed by atoms with Gasteiger partial charge >= 0.3 is 0 Å². The summed E-state index contributed by atoms with van der Waals surface area (Å²) in [6.45, 7) is 0.883. The summed E-state index contributed by atoms with van der Waals surface area (Å²) in [4.78, 5) is 7.43. The molecule has 5 nitrogen and oxygen atoms in total. The zero-order chi connectivity index (χ0) is 14.2. The second-order valence-electron chi connectivity index (χ2n) is 4.75. The van der Waals surface area contributed by atoms with Gasteiger partial charge in [0.05, 0.1) is 10.7 Å². The molecular formula is C15H12ClN3O2. The topological polar surface area (TPSA) is 59.2 Å². The van der Waals surface area contributed by atoms with Gasteiger partial charge in [-0.3, -0.25) is 0 Å². The van der Waals surface area contributed by atoms with E-state index in [1.807, 2.05) is 24.4 Å². The zero-order valence-electron chi connectivity index (χ0n) is 11.0. The lowest BCUT2D eigenvalue weighted by molar-refractivity contribution is 0.174. The fourth-order valence-corrected chi connectivity index (χ4v) is 2.62. The molecule has 3 aromatic rings. The molecule has 1 aromatic carbocycles. The smallest absolute Gasteiger partial charge is 0.231 e. The number of halogens is 1. The van der Waals surface area contributed by atoms with Crippen molar-refractivity contribution in [2.45, 2.75) is 6.54 Å². The molecular weight excluding hydrogens is 290 g/mol. The monoisotopic (exact) mass is 301 g/mol. The molecule has 2 N–H and O–H groups in total. The number of hydrogen-bond donors (Lipinski definition) is 2. The highest BCUT2D eigenvalue weighted by atomic mass is 35.5. The predicted octanol–water partition coefficient (Wildman–Crippen LogP) is 3.56. The fraction of sp³-hybridized carbons (Fsp3) is 0.133. The molecule has 0 aliphatic carbocycles. The number of ether oxygens (including phenoxy) is 2. The molecule has 2 aromatic heterocycles. The standard InChI is InChI=1S/C15H12ClN3O2/c16-11-4-13-14(21-8-20-13)5-12(11)18-6-9-7-19-15-10(9)2-1-3-17-15/h1-5,7,18H,6,8H2,(H,17,19). The first kappa shape index (κ1) is 12.3. The maximum Gasteiger partial charge on any atom is 0.231 e. The van der Waals surface area contributed by atoms with E-state index in [1.54, 1.807) is 12.3 Å². The minimum atomic E-state index is 0.239. The lowest BCUT2D eigenvalue weighted by Gasteiger charge is -2.09. The first-order valence-corrected chi connectivity index (χ1v) is 6.93. The number of fused-ring (bicyclic) bond motifs is 2. The van der Waals surface area contributed by atoms with E-state index in [9.17, 15) is 0 Å². The number of nitrogens with zero attached hydrogens (tertiary/aromatic N) is 1. The molecule has 4 rings (SSSR count). The average Bonchev–Trinajstić information content (AvgIpc) is 3.11. The van der Waals surface area contributed by atoms with Crippen molar-refractivity contribution in [2.24, 2.45) is 0 Å². The van der Waals surface area contributed by atoms with Crippen molar-refractivity contribution >= 4 is 28.3 Å². The van der Waals surface area contributed by atoms with Crippen LogP contribution >= 0.6 is 11.6 Å². The highest BCUT2D eigenvalue weighted by Gasteiger charge is 2.16. The fourth-order valence-electron chi connectivity index (χ4n) is 2.40. The van der Waals surface area contributed by atoms with Crippen molar-refractivity contribution in [1.82, 2.24) is 9.97 Å². The molecule has 106 valence electrons. The van der Waals surface area contributed by atoms with E-state index >= 15 is 0 Å². The van der Waals surface area contributed by atoms with Crippen LogP contribution in [0.3, 0.4) is 0 Å². The molecule has 0 saturated carbocycles. The molecule has 1 aliphatic rings. The van der Waals surface area contributed by atoms with Crippen LogP contribution in [0, 0.1) is 0 Å².